The van der Waals surface area contributed by atoms with Crippen molar-refractivity contribution in [2.45, 2.75) is 6.92 Å². The van der Waals surface area contributed by atoms with Crippen molar-refractivity contribution >= 4 is 52.2 Å². The molecule has 0 saturated carbocycles. The van der Waals surface area contributed by atoms with Gasteiger partial charge in [0.2, 0.25) is 0 Å². The first-order valence-electron chi connectivity index (χ1n) is 9.22. The van der Waals surface area contributed by atoms with E-state index in [1.165, 1.54) is 24.3 Å². The second-order valence-corrected chi connectivity index (χ2v) is 7.46. The third-order valence-electron chi connectivity index (χ3n) is 4.16. The van der Waals surface area contributed by atoms with Gasteiger partial charge < -0.3 is 9.47 Å². The Balaban J connectivity index is 2.03. The summed E-state index contributed by atoms with van der Waals surface area (Å²) in [7, 11) is 0. The summed E-state index contributed by atoms with van der Waals surface area (Å²) in [5.41, 5.74) is 0.228. The molecule has 1 saturated heterocycles. The number of nitrogens with one attached hydrogen (secondary N) is 1. The van der Waals surface area contributed by atoms with Crippen LogP contribution in [0, 0.1) is 9.39 Å². The molecule has 0 radical (unpaired) electrons. The molecule has 0 unspecified atom stereocenters. The summed E-state index contributed by atoms with van der Waals surface area (Å²) in [5, 5.41) is 2.11. The van der Waals surface area contributed by atoms with Gasteiger partial charge in [0, 0.05) is 0 Å². The molecule has 1 heterocycles. The Morgan fingerprint density at radius 1 is 1.19 bits per heavy atom. The van der Waals surface area contributed by atoms with Gasteiger partial charge in [-0.1, -0.05) is 18.7 Å². The van der Waals surface area contributed by atoms with E-state index in [2.05, 4.69) is 34.5 Å². The number of urea groups is 1. The minimum atomic E-state index is -0.949. The molecular weight excluding hydrogens is 518 g/mol. The maximum absolute atomic E-state index is 13.6. The number of imide groups is 2. The number of ether oxygens (including phenoxy) is 2. The second-order valence-electron chi connectivity index (χ2n) is 6.30. The number of anilines is 1. The third kappa shape index (κ3) is 4.93. The molecule has 1 aliphatic rings. The number of barbiturate groups is 1. The van der Waals surface area contributed by atoms with Gasteiger partial charge in [0.05, 0.1) is 15.9 Å². The molecule has 3 rings (SSSR count). The highest BCUT2D eigenvalue weighted by Gasteiger charge is 2.37. The van der Waals surface area contributed by atoms with Gasteiger partial charge in [-0.05, 0) is 71.5 Å². The minimum Gasteiger partial charge on any atom is -0.490 e. The number of carbonyl (C=O) groups is 3. The maximum Gasteiger partial charge on any atom is 0.335 e. The molecule has 0 aromatic heterocycles. The fourth-order valence-corrected chi connectivity index (χ4v) is 3.67. The fraction of sp³-hybridized carbons (Fsp3) is 0.136. The van der Waals surface area contributed by atoms with E-state index in [0.717, 1.165) is 6.07 Å². The molecule has 9 heteroatoms. The van der Waals surface area contributed by atoms with Crippen LogP contribution in [0.3, 0.4) is 0 Å². The fourth-order valence-electron chi connectivity index (χ4n) is 2.89. The van der Waals surface area contributed by atoms with Gasteiger partial charge in [-0.3, -0.25) is 14.9 Å². The van der Waals surface area contributed by atoms with Gasteiger partial charge in [0.1, 0.15) is 18.0 Å². The predicted octanol–water partition coefficient (Wildman–Crippen LogP) is 4.06. The van der Waals surface area contributed by atoms with Crippen LogP contribution in [0.25, 0.3) is 6.08 Å². The van der Waals surface area contributed by atoms with Crippen LogP contribution in [-0.4, -0.2) is 31.1 Å². The number of halogens is 2. The molecule has 0 bridgehead atoms. The number of carbonyl (C=O) groups excluding carboxylic acids is 3. The van der Waals surface area contributed by atoms with Crippen LogP contribution in [0.4, 0.5) is 14.9 Å². The Bertz CT molecular complexity index is 1100. The zero-order valence-corrected chi connectivity index (χ0v) is 18.6. The Morgan fingerprint density at radius 2 is 1.97 bits per heavy atom. The Labute approximate surface area is 191 Å². The summed E-state index contributed by atoms with van der Waals surface area (Å²) in [5.74, 6) is -1.38. The molecule has 4 amide bonds. The average Bonchev–Trinajstić information content (AvgIpc) is 2.71. The van der Waals surface area contributed by atoms with Gasteiger partial charge in [-0.2, -0.15) is 0 Å². The van der Waals surface area contributed by atoms with E-state index in [0.29, 0.717) is 32.1 Å². The molecule has 0 atom stereocenters. The topological polar surface area (TPSA) is 84.9 Å². The van der Waals surface area contributed by atoms with Crippen molar-refractivity contribution in [3.8, 4) is 11.5 Å². The van der Waals surface area contributed by atoms with Crippen LogP contribution in [0.15, 0.2) is 54.6 Å². The summed E-state index contributed by atoms with van der Waals surface area (Å²) in [6.45, 7) is 6.09. The first-order valence-corrected chi connectivity index (χ1v) is 10.3. The molecule has 1 aliphatic heterocycles. The number of rotatable bonds is 7. The van der Waals surface area contributed by atoms with Crippen LogP contribution >= 0.6 is 22.6 Å². The molecule has 7 nitrogen and oxygen atoms in total. The lowest BCUT2D eigenvalue weighted by Crippen LogP contribution is -2.54. The first-order chi connectivity index (χ1) is 14.8. The van der Waals surface area contributed by atoms with Gasteiger partial charge >= 0.3 is 6.03 Å². The summed E-state index contributed by atoms with van der Waals surface area (Å²) in [4.78, 5) is 38.3. The molecule has 1 N–H and O–H groups in total. The highest BCUT2D eigenvalue weighted by molar-refractivity contribution is 14.1. The third-order valence-corrected chi connectivity index (χ3v) is 4.96. The van der Waals surface area contributed by atoms with Crippen molar-refractivity contribution < 1.29 is 28.2 Å². The van der Waals surface area contributed by atoms with Crippen LogP contribution in [0.2, 0.25) is 0 Å². The molecular formula is C22H18FIN2O5. The molecule has 160 valence electrons. The van der Waals surface area contributed by atoms with Crippen LogP contribution in [0.5, 0.6) is 11.5 Å². The zero-order valence-electron chi connectivity index (χ0n) is 16.5. The highest BCUT2D eigenvalue weighted by Crippen LogP contribution is 2.35. The Hall–Kier alpha value is -3.21. The van der Waals surface area contributed by atoms with Gasteiger partial charge in [0.15, 0.2) is 11.5 Å². The van der Waals surface area contributed by atoms with Gasteiger partial charge in [-0.25, -0.2) is 14.1 Å². The standard InChI is InChI=1S/C22H18FIN2O5/c1-3-8-31-19-17(24)10-13(11-18(19)30-4-2)9-16-20(27)25-22(29)26(21(16)28)15-7-5-6-14(23)12-15/h3,5-7,9-12H,1,4,8H2,2H3,(H,25,27,29)/b16-9+. The van der Waals surface area contributed by atoms with Crippen molar-refractivity contribution in [3.05, 3.63) is 69.6 Å². The summed E-state index contributed by atoms with van der Waals surface area (Å²) in [6, 6.07) is 7.37. The summed E-state index contributed by atoms with van der Waals surface area (Å²) >= 11 is 2.06. The minimum absolute atomic E-state index is 0.0126. The number of benzene rings is 2. The van der Waals surface area contributed by atoms with E-state index in [4.69, 9.17) is 9.47 Å². The number of nitrogens with zero attached hydrogens (tertiary/aromatic N) is 1. The second kappa shape index (κ2) is 9.73. The number of amides is 4. The quantitative estimate of drug-likeness (QED) is 0.250. The normalized spacial score (nSPS) is 15.1. The van der Waals surface area contributed by atoms with E-state index in [-0.39, 0.29) is 17.9 Å². The summed E-state index contributed by atoms with van der Waals surface area (Å²) < 4.78 is 25.6. The van der Waals surface area contributed by atoms with E-state index >= 15 is 0 Å². The maximum atomic E-state index is 13.6. The highest BCUT2D eigenvalue weighted by atomic mass is 127. The molecule has 0 spiro atoms. The van der Waals surface area contributed by atoms with E-state index in [1.807, 2.05) is 6.92 Å². The summed E-state index contributed by atoms with van der Waals surface area (Å²) in [6.07, 6.45) is 2.95. The van der Waals surface area contributed by atoms with Gasteiger partial charge in [0.25, 0.3) is 11.8 Å². The molecule has 2 aromatic carbocycles. The van der Waals surface area contributed by atoms with Crippen molar-refractivity contribution in [1.82, 2.24) is 5.32 Å². The van der Waals surface area contributed by atoms with E-state index in [1.54, 1.807) is 18.2 Å². The number of hydrogen-bond donors (Lipinski definition) is 1. The van der Waals surface area contributed by atoms with Crippen molar-refractivity contribution in [3.63, 3.8) is 0 Å². The average molecular weight is 536 g/mol. The lowest BCUT2D eigenvalue weighted by Gasteiger charge is -2.26. The Kier molecular flexibility index (Phi) is 7.06. The van der Waals surface area contributed by atoms with Crippen LogP contribution in [-0.2, 0) is 9.59 Å². The zero-order chi connectivity index (χ0) is 22.5. The van der Waals surface area contributed by atoms with Crippen molar-refractivity contribution in [1.29, 1.82) is 0 Å². The first kappa shape index (κ1) is 22.5. The Morgan fingerprint density at radius 3 is 2.65 bits per heavy atom. The molecule has 0 aliphatic carbocycles. The van der Waals surface area contributed by atoms with Crippen LogP contribution in [0.1, 0.15) is 12.5 Å². The monoisotopic (exact) mass is 536 g/mol. The van der Waals surface area contributed by atoms with E-state index < -0.39 is 23.7 Å². The van der Waals surface area contributed by atoms with Crippen molar-refractivity contribution in [2.24, 2.45) is 0 Å². The lowest BCUT2D eigenvalue weighted by atomic mass is 10.1. The SMILES string of the molecule is C=CCOc1c(I)cc(/C=C2\C(=O)NC(=O)N(c3cccc(F)c3)C2=O)cc1OCC. The predicted molar refractivity (Wildman–Crippen MR) is 121 cm³/mol. The molecule has 1 fully saturated rings. The largest absolute Gasteiger partial charge is 0.490 e. The van der Waals surface area contributed by atoms with Crippen molar-refractivity contribution in [2.75, 3.05) is 18.1 Å². The molecule has 2 aromatic rings. The smallest absolute Gasteiger partial charge is 0.335 e. The van der Waals surface area contributed by atoms with Gasteiger partial charge in [-0.15, -0.1) is 0 Å². The molecule has 31 heavy (non-hydrogen) atoms. The van der Waals surface area contributed by atoms with Crippen LogP contribution < -0.4 is 19.7 Å². The lowest BCUT2D eigenvalue weighted by molar-refractivity contribution is -0.122. The van der Waals surface area contributed by atoms with E-state index in [9.17, 15) is 18.8 Å². The number of hydrogen-bond acceptors (Lipinski definition) is 5.